The third kappa shape index (κ3) is 5.54. The molecular weight excluding hydrogens is 460 g/mol. The second kappa shape index (κ2) is 9.67. The Morgan fingerprint density at radius 3 is 1.11 bits per heavy atom. The summed E-state index contributed by atoms with van der Waals surface area (Å²) < 4.78 is 17.2. The average Bonchev–Trinajstić information content (AvgIpc) is 2.79. The topological polar surface area (TPSA) is 154 Å². The number of phenolic OH excluding ortho intramolecular Hbond substituents is 2. The molecule has 176 valence electrons. The van der Waals surface area contributed by atoms with E-state index in [0.717, 1.165) is 24.3 Å². The second-order valence-corrected chi connectivity index (χ2v) is 7.07. The maximum absolute atomic E-state index is 10.8. The SMILES string of the molecule is O=[N+]([O-])c1ccc(Oc2cccc(Oc3cccc(Oc4ccc([N+](=O)[O-])c(O)c4)c3)c2)cc1O. The maximum atomic E-state index is 10.8. The van der Waals surface area contributed by atoms with E-state index in [-0.39, 0.29) is 11.5 Å². The van der Waals surface area contributed by atoms with E-state index in [9.17, 15) is 30.4 Å². The first kappa shape index (κ1) is 22.9. The van der Waals surface area contributed by atoms with Crippen molar-refractivity contribution >= 4 is 11.4 Å². The van der Waals surface area contributed by atoms with E-state index in [4.69, 9.17) is 14.2 Å². The first-order valence-corrected chi connectivity index (χ1v) is 9.97. The molecule has 0 aromatic heterocycles. The number of ether oxygens (including phenoxy) is 3. The van der Waals surface area contributed by atoms with E-state index in [1.165, 1.54) is 12.1 Å². The van der Waals surface area contributed by atoms with Crippen molar-refractivity contribution in [3.8, 4) is 46.0 Å². The van der Waals surface area contributed by atoms with E-state index in [0.29, 0.717) is 23.0 Å². The molecule has 0 spiro atoms. The van der Waals surface area contributed by atoms with Gasteiger partial charge in [0.2, 0.25) is 0 Å². The molecule has 0 amide bonds. The second-order valence-electron chi connectivity index (χ2n) is 7.07. The van der Waals surface area contributed by atoms with Crippen molar-refractivity contribution in [3.05, 3.63) is 105 Å². The molecule has 4 aromatic rings. The van der Waals surface area contributed by atoms with Gasteiger partial charge in [0.15, 0.2) is 11.5 Å². The number of nitro benzene ring substituents is 2. The quantitative estimate of drug-likeness (QED) is 0.220. The lowest BCUT2D eigenvalue weighted by Gasteiger charge is -2.11. The van der Waals surface area contributed by atoms with Gasteiger partial charge in [-0.25, -0.2) is 0 Å². The molecule has 2 N–H and O–H groups in total. The van der Waals surface area contributed by atoms with Crippen LogP contribution in [-0.4, -0.2) is 20.1 Å². The minimum atomic E-state index is -0.699. The zero-order valence-electron chi connectivity index (χ0n) is 17.7. The summed E-state index contributed by atoms with van der Waals surface area (Å²) in [5, 5.41) is 41.2. The summed E-state index contributed by atoms with van der Waals surface area (Å²) in [4.78, 5) is 20.3. The van der Waals surface area contributed by atoms with E-state index >= 15 is 0 Å². The Morgan fingerprint density at radius 2 is 0.829 bits per heavy atom. The smallest absolute Gasteiger partial charge is 0.310 e. The van der Waals surface area contributed by atoms with Gasteiger partial charge in [-0.1, -0.05) is 12.1 Å². The lowest BCUT2D eigenvalue weighted by Crippen LogP contribution is -1.91. The summed E-state index contributed by atoms with van der Waals surface area (Å²) in [5.41, 5.74) is -0.860. The molecule has 0 aliphatic carbocycles. The highest BCUT2D eigenvalue weighted by Crippen LogP contribution is 2.35. The third-order valence-corrected chi connectivity index (χ3v) is 4.61. The molecule has 0 unspecified atom stereocenters. The Hall–Kier alpha value is -5.32. The summed E-state index contributed by atoms with van der Waals surface area (Å²) in [6.45, 7) is 0. The normalized spacial score (nSPS) is 10.4. The van der Waals surface area contributed by atoms with Gasteiger partial charge in [0.05, 0.1) is 9.85 Å². The molecule has 0 radical (unpaired) electrons. The van der Waals surface area contributed by atoms with Crippen LogP contribution in [0, 0.1) is 20.2 Å². The van der Waals surface area contributed by atoms with Crippen molar-refractivity contribution in [2.75, 3.05) is 0 Å². The van der Waals surface area contributed by atoms with E-state index in [1.807, 2.05) is 0 Å². The molecule has 0 atom stereocenters. The first-order valence-electron chi connectivity index (χ1n) is 9.97. The fourth-order valence-electron chi connectivity index (χ4n) is 3.05. The lowest BCUT2D eigenvalue weighted by atomic mass is 10.2. The van der Waals surface area contributed by atoms with Crippen LogP contribution in [0.15, 0.2) is 84.9 Å². The van der Waals surface area contributed by atoms with E-state index in [2.05, 4.69) is 0 Å². The molecule has 0 saturated carbocycles. The fraction of sp³-hybridized carbons (Fsp3) is 0. The highest BCUT2D eigenvalue weighted by molar-refractivity contribution is 5.52. The Morgan fingerprint density at radius 1 is 0.514 bits per heavy atom. The van der Waals surface area contributed by atoms with Gasteiger partial charge in [-0.15, -0.1) is 0 Å². The molecule has 4 aromatic carbocycles. The monoisotopic (exact) mass is 476 g/mol. The zero-order valence-corrected chi connectivity index (χ0v) is 17.7. The van der Waals surface area contributed by atoms with Crippen LogP contribution in [0.25, 0.3) is 0 Å². The molecule has 0 heterocycles. The third-order valence-electron chi connectivity index (χ3n) is 4.61. The number of hydrogen-bond donors (Lipinski definition) is 2. The van der Waals surface area contributed by atoms with Gasteiger partial charge in [0.1, 0.15) is 34.5 Å². The van der Waals surface area contributed by atoms with Crippen molar-refractivity contribution in [3.63, 3.8) is 0 Å². The van der Waals surface area contributed by atoms with Gasteiger partial charge < -0.3 is 24.4 Å². The maximum Gasteiger partial charge on any atom is 0.310 e. The molecular formula is C24H16N2O9. The van der Waals surface area contributed by atoms with Crippen LogP contribution in [-0.2, 0) is 0 Å². The average molecular weight is 476 g/mol. The number of aromatic hydroxyl groups is 2. The summed E-state index contributed by atoms with van der Waals surface area (Å²) in [5.74, 6) is 0.932. The summed E-state index contributed by atoms with van der Waals surface area (Å²) in [7, 11) is 0. The molecule has 11 heteroatoms. The van der Waals surface area contributed by atoms with Gasteiger partial charge in [-0.2, -0.15) is 0 Å². The minimum absolute atomic E-state index is 0.201. The van der Waals surface area contributed by atoms with Crippen molar-refractivity contribution < 1.29 is 34.3 Å². The van der Waals surface area contributed by atoms with Crippen LogP contribution in [0.5, 0.6) is 46.0 Å². The van der Waals surface area contributed by atoms with Crippen molar-refractivity contribution in [2.24, 2.45) is 0 Å². The van der Waals surface area contributed by atoms with Crippen LogP contribution < -0.4 is 14.2 Å². The standard InChI is InChI=1S/C24H16N2O9/c27-23-13-19(7-9-21(23)25(29)30)34-17-5-1-3-15(11-17)33-16-4-2-6-18(12-16)35-20-8-10-22(26(31)32)24(28)14-20/h1-14,27-28H. The van der Waals surface area contributed by atoms with Crippen molar-refractivity contribution in [1.82, 2.24) is 0 Å². The Balaban J connectivity index is 1.47. The Labute approximate surface area is 197 Å². The van der Waals surface area contributed by atoms with Crippen LogP contribution in [0.2, 0.25) is 0 Å². The van der Waals surface area contributed by atoms with Crippen LogP contribution in [0.3, 0.4) is 0 Å². The number of nitro groups is 2. The van der Waals surface area contributed by atoms with Gasteiger partial charge in [0.25, 0.3) is 0 Å². The molecule has 11 nitrogen and oxygen atoms in total. The molecule has 0 aliphatic rings. The predicted octanol–water partition coefficient (Wildman–Crippen LogP) is 6.29. The number of phenols is 2. The largest absolute Gasteiger partial charge is 0.502 e. The van der Waals surface area contributed by atoms with Gasteiger partial charge in [0, 0.05) is 36.4 Å². The zero-order chi connectivity index (χ0) is 24.9. The number of nitrogens with zero attached hydrogens (tertiary/aromatic N) is 2. The van der Waals surface area contributed by atoms with Crippen molar-refractivity contribution in [2.45, 2.75) is 0 Å². The minimum Gasteiger partial charge on any atom is -0.502 e. The van der Waals surface area contributed by atoms with Crippen molar-refractivity contribution in [1.29, 1.82) is 0 Å². The fourth-order valence-corrected chi connectivity index (χ4v) is 3.05. The van der Waals surface area contributed by atoms with Gasteiger partial charge in [-0.05, 0) is 36.4 Å². The Kier molecular flexibility index (Phi) is 6.31. The molecule has 0 saturated heterocycles. The number of hydrogen-bond acceptors (Lipinski definition) is 9. The molecule has 0 aliphatic heterocycles. The molecule has 0 bridgehead atoms. The van der Waals surface area contributed by atoms with Gasteiger partial charge in [-0.3, -0.25) is 20.2 Å². The van der Waals surface area contributed by atoms with Gasteiger partial charge >= 0.3 is 11.4 Å². The van der Waals surface area contributed by atoms with Crippen LogP contribution >= 0.6 is 0 Å². The van der Waals surface area contributed by atoms with Crippen LogP contribution in [0.4, 0.5) is 11.4 Å². The lowest BCUT2D eigenvalue weighted by molar-refractivity contribution is -0.386. The molecule has 35 heavy (non-hydrogen) atoms. The predicted molar refractivity (Wildman–Crippen MR) is 123 cm³/mol. The molecule has 4 rings (SSSR count). The van der Waals surface area contributed by atoms with E-state index < -0.39 is 32.7 Å². The summed E-state index contributed by atoms with van der Waals surface area (Å²) in [6.07, 6.45) is 0. The number of benzene rings is 4. The molecule has 0 fully saturated rings. The summed E-state index contributed by atoms with van der Waals surface area (Å²) >= 11 is 0. The number of rotatable bonds is 8. The highest BCUT2D eigenvalue weighted by Gasteiger charge is 2.15. The van der Waals surface area contributed by atoms with E-state index in [1.54, 1.807) is 48.5 Å². The van der Waals surface area contributed by atoms with Crippen LogP contribution in [0.1, 0.15) is 0 Å². The first-order chi connectivity index (χ1) is 16.8. The summed E-state index contributed by atoms with van der Waals surface area (Å²) in [6, 6.07) is 20.5. The Bertz CT molecular complexity index is 1320. The highest BCUT2D eigenvalue weighted by atomic mass is 16.6.